The third kappa shape index (κ3) is 5.55. The summed E-state index contributed by atoms with van der Waals surface area (Å²) in [5.74, 6) is 0.255. The van der Waals surface area contributed by atoms with Gasteiger partial charge >= 0.3 is 0 Å². The number of benzene rings is 2. The first-order chi connectivity index (χ1) is 13.1. The van der Waals surface area contributed by atoms with Crippen LogP contribution in [0, 0.1) is 0 Å². The molecule has 0 aromatic heterocycles. The predicted octanol–water partition coefficient (Wildman–Crippen LogP) is 4.02. The molecule has 5 heteroatoms. The molecule has 2 aromatic carbocycles. The zero-order chi connectivity index (χ0) is 19.1. The fraction of sp³-hybridized carbons (Fsp3) is 0.409. The quantitative estimate of drug-likeness (QED) is 0.781. The van der Waals surface area contributed by atoms with Crippen molar-refractivity contribution in [2.75, 3.05) is 32.8 Å². The van der Waals surface area contributed by atoms with E-state index in [1.165, 1.54) is 5.56 Å². The Balaban J connectivity index is 1.63. The number of carbonyl (C=O) groups excluding carboxylic acids is 1. The van der Waals surface area contributed by atoms with E-state index in [0.717, 1.165) is 23.7 Å². The minimum absolute atomic E-state index is 0.0542. The topological polar surface area (TPSA) is 41.6 Å². The van der Waals surface area contributed by atoms with Crippen LogP contribution in [-0.2, 0) is 9.53 Å². The smallest absolute Gasteiger partial charge is 0.220 e. The number of hydrogen-bond acceptors (Lipinski definition) is 3. The van der Waals surface area contributed by atoms with Gasteiger partial charge < -0.3 is 10.1 Å². The van der Waals surface area contributed by atoms with Crippen molar-refractivity contribution in [3.63, 3.8) is 0 Å². The molecule has 0 spiro atoms. The van der Waals surface area contributed by atoms with Crippen LogP contribution in [0.4, 0.5) is 0 Å². The number of halogens is 1. The lowest BCUT2D eigenvalue weighted by atomic mass is 9.97. The largest absolute Gasteiger partial charge is 0.379 e. The summed E-state index contributed by atoms with van der Waals surface area (Å²) in [7, 11) is 0. The molecule has 1 aliphatic heterocycles. The monoisotopic (exact) mass is 386 g/mol. The maximum Gasteiger partial charge on any atom is 0.220 e. The third-order valence-corrected chi connectivity index (χ3v) is 5.45. The molecule has 2 aromatic rings. The van der Waals surface area contributed by atoms with Crippen molar-refractivity contribution < 1.29 is 9.53 Å². The first kappa shape index (κ1) is 19.9. The van der Waals surface area contributed by atoms with Gasteiger partial charge in [0.15, 0.2) is 0 Å². The molecule has 0 aliphatic carbocycles. The van der Waals surface area contributed by atoms with Crippen molar-refractivity contribution in [3.8, 4) is 0 Å². The third-order valence-electron chi connectivity index (χ3n) is 5.10. The predicted molar refractivity (Wildman–Crippen MR) is 109 cm³/mol. The zero-order valence-electron chi connectivity index (χ0n) is 15.7. The summed E-state index contributed by atoms with van der Waals surface area (Å²) in [4.78, 5) is 14.9. The van der Waals surface area contributed by atoms with E-state index in [1.807, 2.05) is 42.5 Å². The lowest BCUT2D eigenvalue weighted by Gasteiger charge is -2.35. The minimum atomic E-state index is 0.0542. The molecular formula is C22H27ClN2O2. The van der Waals surface area contributed by atoms with Crippen molar-refractivity contribution >= 4 is 17.5 Å². The zero-order valence-corrected chi connectivity index (χ0v) is 16.5. The summed E-state index contributed by atoms with van der Waals surface area (Å²) in [5, 5.41) is 3.86. The van der Waals surface area contributed by atoms with Gasteiger partial charge in [0.1, 0.15) is 0 Å². The highest BCUT2D eigenvalue weighted by atomic mass is 35.5. The summed E-state index contributed by atoms with van der Waals surface area (Å²) < 4.78 is 5.48. The number of nitrogens with zero attached hydrogens (tertiary/aromatic N) is 1. The average Bonchev–Trinajstić information content (AvgIpc) is 2.71. The van der Waals surface area contributed by atoms with Crippen LogP contribution in [0.5, 0.6) is 0 Å². The summed E-state index contributed by atoms with van der Waals surface area (Å²) in [6, 6.07) is 18.1. The van der Waals surface area contributed by atoms with Crippen LogP contribution in [0.1, 0.15) is 36.4 Å². The summed E-state index contributed by atoms with van der Waals surface area (Å²) in [6.45, 7) is 5.73. The van der Waals surface area contributed by atoms with Gasteiger partial charge in [0.05, 0.1) is 19.3 Å². The van der Waals surface area contributed by atoms with E-state index in [9.17, 15) is 4.79 Å². The van der Waals surface area contributed by atoms with Gasteiger partial charge in [0.25, 0.3) is 0 Å². The van der Waals surface area contributed by atoms with Crippen LogP contribution in [0.25, 0.3) is 0 Å². The molecule has 1 saturated heterocycles. The van der Waals surface area contributed by atoms with E-state index < -0.39 is 0 Å². The number of carbonyl (C=O) groups is 1. The molecule has 1 fully saturated rings. The molecule has 1 heterocycles. The number of nitrogens with one attached hydrogen (secondary N) is 1. The van der Waals surface area contributed by atoms with Gasteiger partial charge in [-0.1, -0.05) is 67.1 Å². The summed E-state index contributed by atoms with van der Waals surface area (Å²) >= 11 is 6.45. The Morgan fingerprint density at radius 3 is 2.48 bits per heavy atom. The van der Waals surface area contributed by atoms with Crippen molar-refractivity contribution in [1.82, 2.24) is 10.2 Å². The van der Waals surface area contributed by atoms with E-state index >= 15 is 0 Å². The minimum Gasteiger partial charge on any atom is -0.379 e. The van der Waals surface area contributed by atoms with Crippen LogP contribution in [0.3, 0.4) is 0 Å². The fourth-order valence-electron chi connectivity index (χ4n) is 3.53. The Kier molecular flexibility index (Phi) is 7.27. The molecule has 1 aliphatic rings. The van der Waals surface area contributed by atoms with Crippen LogP contribution in [0.15, 0.2) is 54.6 Å². The number of hydrogen-bond donors (Lipinski definition) is 1. The van der Waals surface area contributed by atoms with Crippen LogP contribution >= 0.6 is 11.6 Å². The number of rotatable bonds is 7. The standard InChI is InChI=1S/C22H27ClN2O2/c1-17(18-7-3-2-4-8-18)15-22(26)24-16-21(25-11-13-27-14-12-25)19-9-5-6-10-20(19)23/h2-10,17,21H,11-16H2,1H3,(H,24,26)/t17-,21+/m0/s1. The van der Waals surface area contributed by atoms with E-state index in [2.05, 4.69) is 29.3 Å². The molecule has 1 amide bonds. The van der Waals surface area contributed by atoms with Crippen LogP contribution < -0.4 is 5.32 Å². The first-order valence-corrected chi connectivity index (χ1v) is 9.91. The van der Waals surface area contributed by atoms with Crippen molar-refractivity contribution in [2.24, 2.45) is 0 Å². The second-order valence-corrected chi connectivity index (χ2v) is 7.41. The molecule has 3 rings (SSSR count). The SMILES string of the molecule is C[C@@H](CC(=O)NC[C@H](c1ccccc1Cl)N1CCOCC1)c1ccccc1. The lowest BCUT2D eigenvalue weighted by Crippen LogP contribution is -2.44. The van der Waals surface area contributed by atoms with Gasteiger partial charge in [0, 0.05) is 31.1 Å². The van der Waals surface area contributed by atoms with Crippen LogP contribution in [0.2, 0.25) is 5.02 Å². The fourth-order valence-corrected chi connectivity index (χ4v) is 3.79. The highest BCUT2D eigenvalue weighted by Gasteiger charge is 2.25. The van der Waals surface area contributed by atoms with Gasteiger partial charge in [-0.25, -0.2) is 0 Å². The normalized spacial score (nSPS) is 17.3. The van der Waals surface area contributed by atoms with Gasteiger partial charge in [0.2, 0.25) is 5.91 Å². The maximum absolute atomic E-state index is 12.5. The molecule has 0 saturated carbocycles. The van der Waals surface area contributed by atoms with E-state index in [1.54, 1.807) is 0 Å². The molecule has 27 heavy (non-hydrogen) atoms. The Hall–Kier alpha value is -1.88. The Labute approximate surface area is 166 Å². The highest BCUT2D eigenvalue weighted by molar-refractivity contribution is 6.31. The summed E-state index contributed by atoms with van der Waals surface area (Å²) in [5.41, 5.74) is 2.24. The van der Waals surface area contributed by atoms with E-state index in [0.29, 0.717) is 26.2 Å². The molecule has 144 valence electrons. The molecule has 0 unspecified atom stereocenters. The molecule has 0 radical (unpaired) electrons. The van der Waals surface area contributed by atoms with Crippen LogP contribution in [-0.4, -0.2) is 43.7 Å². The Morgan fingerprint density at radius 2 is 1.78 bits per heavy atom. The number of amides is 1. The van der Waals surface area contributed by atoms with Crippen molar-refractivity contribution in [3.05, 3.63) is 70.7 Å². The van der Waals surface area contributed by atoms with Gasteiger partial charge in [-0.2, -0.15) is 0 Å². The number of ether oxygens (including phenoxy) is 1. The molecule has 1 N–H and O–H groups in total. The molecule has 0 bridgehead atoms. The highest BCUT2D eigenvalue weighted by Crippen LogP contribution is 2.28. The van der Waals surface area contributed by atoms with E-state index in [4.69, 9.17) is 16.3 Å². The van der Waals surface area contributed by atoms with Gasteiger partial charge in [-0.05, 0) is 23.1 Å². The van der Waals surface area contributed by atoms with Gasteiger partial charge in [-0.3, -0.25) is 9.69 Å². The van der Waals surface area contributed by atoms with Gasteiger partial charge in [-0.15, -0.1) is 0 Å². The average molecular weight is 387 g/mol. The maximum atomic E-state index is 12.5. The first-order valence-electron chi connectivity index (χ1n) is 9.53. The van der Waals surface area contributed by atoms with Crippen molar-refractivity contribution in [1.29, 1.82) is 0 Å². The molecular weight excluding hydrogens is 360 g/mol. The van der Waals surface area contributed by atoms with E-state index in [-0.39, 0.29) is 17.9 Å². The molecule has 2 atom stereocenters. The second-order valence-electron chi connectivity index (χ2n) is 7.01. The Morgan fingerprint density at radius 1 is 1.11 bits per heavy atom. The van der Waals surface area contributed by atoms with Crippen molar-refractivity contribution in [2.45, 2.75) is 25.3 Å². The number of morpholine rings is 1. The Bertz CT molecular complexity index is 732. The lowest BCUT2D eigenvalue weighted by molar-refractivity contribution is -0.121. The second kappa shape index (κ2) is 9.88. The molecule has 4 nitrogen and oxygen atoms in total. The summed E-state index contributed by atoms with van der Waals surface area (Å²) in [6.07, 6.45) is 0.475.